The van der Waals surface area contributed by atoms with Crippen molar-refractivity contribution >= 4 is 0 Å². The first-order chi connectivity index (χ1) is 12.9. The molecule has 0 atom stereocenters. The van der Waals surface area contributed by atoms with Gasteiger partial charge in [-0.1, -0.05) is 28.9 Å². The Balaban J connectivity index is 2.52. The van der Waals surface area contributed by atoms with E-state index in [0.29, 0.717) is 23.9 Å². The molecule has 0 bridgehead atoms. The number of aryl methyl sites for hydroxylation is 1. The van der Waals surface area contributed by atoms with Crippen molar-refractivity contribution in [3.8, 4) is 17.2 Å². The molecule has 0 aromatic heterocycles. The Labute approximate surface area is 165 Å². The smallest absolute Gasteiger partial charge is 0.203 e. The van der Waals surface area contributed by atoms with Crippen LogP contribution in [0, 0.1) is 6.92 Å². The van der Waals surface area contributed by atoms with Crippen molar-refractivity contribution in [2.24, 2.45) is 0 Å². The monoisotopic (exact) mass is 372 g/mol. The van der Waals surface area contributed by atoms with Crippen molar-refractivity contribution in [2.45, 2.75) is 60.3 Å². The van der Waals surface area contributed by atoms with Crippen LogP contribution in [0.2, 0.25) is 0 Å². The van der Waals surface area contributed by atoms with E-state index in [1.807, 2.05) is 19.1 Å². The molecule has 1 rings (SSSR count). The number of hydrogen-bond donors (Lipinski definition) is 0. The summed E-state index contributed by atoms with van der Waals surface area (Å²) in [6.07, 6.45) is 11.2. The lowest BCUT2D eigenvalue weighted by Crippen LogP contribution is -2.00. The van der Waals surface area contributed by atoms with Crippen LogP contribution in [0.5, 0.6) is 17.2 Å². The largest absolute Gasteiger partial charge is 0.493 e. The van der Waals surface area contributed by atoms with Crippen LogP contribution >= 0.6 is 0 Å². The van der Waals surface area contributed by atoms with E-state index in [2.05, 4.69) is 45.9 Å². The minimum atomic E-state index is 0.526. The quantitative estimate of drug-likeness (QED) is 0.399. The summed E-state index contributed by atoms with van der Waals surface area (Å²) in [6.45, 7) is 11.2. The zero-order valence-electron chi connectivity index (χ0n) is 18.1. The van der Waals surface area contributed by atoms with E-state index in [-0.39, 0.29) is 0 Å². The van der Waals surface area contributed by atoms with Gasteiger partial charge in [0.15, 0.2) is 11.5 Å². The minimum Gasteiger partial charge on any atom is -0.493 e. The molecule has 3 heteroatoms. The van der Waals surface area contributed by atoms with Crippen LogP contribution in [-0.4, -0.2) is 20.8 Å². The van der Waals surface area contributed by atoms with Crippen LogP contribution in [0.25, 0.3) is 0 Å². The van der Waals surface area contributed by atoms with Gasteiger partial charge in [-0.25, -0.2) is 0 Å². The zero-order chi connectivity index (χ0) is 20.2. The summed E-state index contributed by atoms with van der Waals surface area (Å²) in [4.78, 5) is 0. The molecule has 0 amide bonds. The molecule has 0 heterocycles. The SMILES string of the molecule is COc1cc(C)cc(OC/C=C(\C)CC/C=C(\C)CCC=C(C)C)c1OC. The van der Waals surface area contributed by atoms with E-state index >= 15 is 0 Å². The number of allylic oxidation sites excluding steroid dienone is 5. The molecule has 0 saturated heterocycles. The van der Waals surface area contributed by atoms with Gasteiger partial charge in [-0.2, -0.15) is 0 Å². The van der Waals surface area contributed by atoms with Gasteiger partial charge in [0.1, 0.15) is 6.61 Å². The van der Waals surface area contributed by atoms with Crippen molar-refractivity contribution in [2.75, 3.05) is 20.8 Å². The van der Waals surface area contributed by atoms with Crippen LogP contribution < -0.4 is 14.2 Å². The van der Waals surface area contributed by atoms with Crippen molar-refractivity contribution in [1.29, 1.82) is 0 Å². The highest BCUT2D eigenvalue weighted by molar-refractivity contribution is 5.53. The third-order valence-electron chi connectivity index (χ3n) is 4.38. The summed E-state index contributed by atoms with van der Waals surface area (Å²) in [5.41, 5.74) is 5.27. The predicted octanol–water partition coefficient (Wildman–Crippen LogP) is 6.81. The summed E-state index contributed by atoms with van der Waals surface area (Å²) in [5.74, 6) is 2.06. The standard InChI is InChI=1S/C24H36O3/c1-18(2)10-8-11-19(3)12-9-13-20(4)14-15-27-23-17-21(5)16-22(25-6)24(23)26-7/h10,12,14,16-17H,8-9,11,13,15H2,1-7H3/b19-12+,20-14+. The molecule has 27 heavy (non-hydrogen) atoms. The predicted molar refractivity (Wildman–Crippen MR) is 115 cm³/mol. The van der Waals surface area contributed by atoms with Gasteiger partial charge >= 0.3 is 0 Å². The number of ether oxygens (including phenoxy) is 3. The van der Waals surface area contributed by atoms with E-state index in [9.17, 15) is 0 Å². The lowest BCUT2D eigenvalue weighted by atomic mass is 10.1. The van der Waals surface area contributed by atoms with E-state index in [4.69, 9.17) is 14.2 Å². The topological polar surface area (TPSA) is 27.7 Å². The molecule has 0 N–H and O–H groups in total. The summed E-state index contributed by atoms with van der Waals surface area (Å²) in [6, 6.07) is 3.92. The fourth-order valence-electron chi connectivity index (χ4n) is 2.78. The van der Waals surface area contributed by atoms with Crippen LogP contribution in [0.15, 0.2) is 47.1 Å². The third-order valence-corrected chi connectivity index (χ3v) is 4.38. The Morgan fingerprint density at radius 3 is 2.00 bits per heavy atom. The highest BCUT2D eigenvalue weighted by atomic mass is 16.5. The van der Waals surface area contributed by atoms with E-state index in [0.717, 1.165) is 31.2 Å². The van der Waals surface area contributed by atoms with E-state index < -0.39 is 0 Å². The average Bonchev–Trinajstić information content (AvgIpc) is 2.60. The number of benzene rings is 1. The average molecular weight is 373 g/mol. The Kier molecular flexibility index (Phi) is 10.4. The maximum Gasteiger partial charge on any atom is 0.203 e. The second kappa shape index (κ2) is 12.3. The molecule has 0 radical (unpaired) electrons. The number of rotatable bonds is 11. The van der Waals surface area contributed by atoms with Crippen molar-refractivity contribution in [3.63, 3.8) is 0 Å². The maximum atomic E-state index is 5.92. The molecule has 0 spiro atoms. The van der Waals surface area contributed by atoms with Gasteiger partial charge in [0, 0.05) is 0 Å². The molecule has 3 nitrogen and oxygen atoms in total. The molecule has 0 aliphatic carbocycles. The fourth-order valence-corrected chi connectivity index (χ4v) is 2.78. The van der Waals surface area contributed by atoms with Crippen molar-refractivity contribution in [1.82, 2.24) is 0 Å². The van der Waals surface area contributed by atoms with Crippen molar-refractivity contribution in [3.05, 3.63) is 52.6 Å². The first-order valence-corrected chi connectivity index (χ1v) is 9.67. The van der Waals surface area contributed by atoms with Crippen LogP contribution in [-0.2, 0) is 0 Å². The highest BCUT2D eigenvalue weighted by Crippen LogP contribution is 2.38. The molecule has 1 aromatic carbocycles. The summed E-state index contributed by atoms with van der Waals surface area (Å²) < 4.78 is 16.7. The molecule has 0 aliphatic heterocycles. The molecule has 0 unspecified atom stereocenters. The number of hydrogen-bond acceptors (Lipinski definition) is 3. The summed E-state index contributed by atoms with van der Waals surface area (Å²) >= 11 is 0. The summed E-state index contributed by atoms with van der Waals surface area (Å²) in [5, 5.41) is 0. The first kappa shape index (κ1) is 22.9. The Morgan fingerprint density at radius 1 is 0.815 bits per heavy atom. The van der Waals surface area contributed by atoms with Gasteiger partial charge < -0.3 is 14.2 Å². The molecular weight excluding hydrogens is 336 g/mol. The van der Waals surface area contributed by atoms with Gasteiger partial charge in [-0.3, -0.25) is 0 Å². The minimum absolute atomic E-state index is 0.526. The number of methoxy groups -OCH3 is 2. The molecule has 0 saturated carbocycles. The summed E-state index contributed by atoms with van der Waals surface area (Å²) in [7, 11) is 3.27. The van der Waals surface area contributed by atoms with Gasteiger partial charge in [-0.15, -0.1) is 0 Å². The van der Waals surface area contributed by atoms with Gasteiger partial charge in [-0.05, 0) is 84.1 Å². The normalized spacial score (nSPS) is 12.0. The van der Waals surface area contributed by atoms with Crippen LogP contribution in [0.4, 0.5) is 0 Å². The van der Waals surface area contributed by atoms with Crippen LogP contribution in [0.1, 0.15) is 58.9 Å². The van der Waals surface area contributed by atoms with Crippen LogP contribution in [0.3, 0.4) is 0 Å². The lowest BCUT2D eigenvalue weighted by molar-refractivity contribution is 0.306. The Hall–Kier alpha value is -2.16. The highest BCUT2D eigenvalue weighted by Gasteiger charge is 2.12. The molecule has 0 fully saturated rings. The second-order valence-electron chi connectivity index (χ2n) is 7.27. The van der Waals surface area contributed by atoms with Gasteiger partial charge in [0.25, 0.3) is 0 Å². The fraction of sp³-hybridized carbons (Fsp3) is 0.500. The molecule has 1 aromatic rings. The Morgan fingerprint density at radius 2 is 1.41 bits per heavy atom. The second-order valence-corrected chi connectivity index (χ2v) is 7.27. The van der Waals surface area contributed by atoms with Gasteiger partial charge in [0.05, 0.1) is 14.2 Å². The lowest BCUT2D eigenvalue weighted by Gasteiger charge is -2.14. The van der Waals surface area contributed by atoms with Gasteiger partial charge in [0.2, 0.25) is 5.75 Å². The maximum absolute atomic E-state index is 5.92. The molecule has 150 valence electrons. The first-order valence-electron chi connectivity index (χ1n) is 9.67. The van der Waals surface area contributed by atoms with E-state index in [1.54, 1.807) is 14.2 Å². The third kappa shape index (κ3) is 8.85. The van der Waals surface area contributed by atoms with E-state index in [1.165, 1.54) is 16.7 Å². The Bertz CT molecular complexity index is 677. The van der Waals surface area contributed by atoms with Crippen molar-refractivity contribution < 1.29 is 14.2 Å². The molecule has 0 aliphatic rings. The zero-order valence-corrected chi connectivity index (χ0v) is 18.1. The molecular formula is C24H36O3.